The summed E-state index contributed by atoms with van der Waals surface area (Å²) < 4.78 is 5.69. The topological polar surface area (TPSA) is 94.2 Å². The Hall–Kier alpha value is -2.54. The van der Waals surface area contributed by atoms with Gasteiger partial charge >= 0.3 is 0 Å². The molecular weight excluding hydrogens is 282 g/mol. The van der Waals surface area contributed by atoms with Crippen molar-refractivity contribution in [2.75, 3.05) is 25.4 Å². The van der Waals surface area contributed by atoms with E-state index in [0.29, 0.717) is 36.9 Å². The average molecular weight is 299 g/mol. The lowest BCUT2D eigenvalue weighted by Crippen LogP contribution is -2.43. The van der Waals surface area contributed by atoms with Gasteiger partial charge in [-0.2, -0.15) is 0 Å². The average Bonchev–Trinajstić information content (AvgIpc) is 2.55. The van der Waals surface area contributed by atoms with E-state index in [2.05, 4.69) is 15.0 Å². The Morgan fingerprint density at radius 1 is 1.32 bits per heavy atom. The van der Waals surface area contributed by atoms with Crippen LogP contribution in [0.3, 0.4) is 0 Å². The molecule has 2 aromatic rings. The van der Waals surface area contributed by atoms with Crippen molar-refractivity contribution >= 4 is 11.7 Å². The Labute approximate surface area is 128 Å². The molecule has 1 aliphatic heterocycles. The molecule has 1 amide bonds. The standard InChI is InChI=1S/C15H17N5O2/c1-10-3-2-4-17-12(10)15(21)20-7-8-22-11(9-20)13-14(16)19-6-5-18-13/h2-6,11H,7-9H2,1H3,(H2,16,19). The monoisotopic (exact) mass is 299 g/mol. The van der Waals surface area contributed by atoms with Crippen molar-refractivity contribution < 1.29 is 9.53 Å². The maximum Gasteiger partial charge on any atom is 0.272 e. The first-order valence-electron chi connectivity index (χ1n) is 7.05. The van der Waals surface area contributed by atoms with Gasteiger partial charge in [0.2, 0.25) is 0 Å². The van der Waals surface area contributed by atoms with Crippen LogP contribution in [0.1, 0.15) is 27.8 Å². The van der Waals surface area contributed by atoms with E-state index in [9.17, 15) is 4.79 Å². The predicted molar refractivity (Wildman–Crippen MR) is 80.0 cm³/mol. The van der Waals surface area contributed by atoms with Gasteiger partial charge in [0.15, 0.2) is 0 Å². The van der Waals surface area contributed by atoms with Crippen LogP contribution in [0.2, 0.25) is 0 Å². The Kier molecular flexibility index (Phi) is 3.97. The van der Waals surface area contributed by atoms with Crippen molar-refractivity contribution in [2.45, 2.75) is 13.0 Å². The fourth-order valence-corrected chi connectivity index (χ4v) is 2.47. The van der Waals surface area contributed by atoms with Crippen LogP contribution in [-0.2, 0) is 4.74 Å². The van der Waals surface area contributed by atoms with Gasteiger partial charge in [-0.05, 0) is 18.6 Å². The number of hydrogen-bond donors (Lipinski definition) is 1. The summed E-state index contributed by atoms with van der Waals surface area (Å²) in [6.07, 6.45) is 4.36. The number of aromatic nitrogens is 3. The lowest BCUT2D eigenvalue weighted by molar-refractivity contribution is -0.0247. The molecule has 7 heteroatoms. The molecule has 0 aromatic carbocycles. The van der Waals surface area contributed by atoms with Gasteiger partial charge in [-0.15, -0.1) is 0 Å². The van der Waals surface area contributed by atoms with Crippen LogP contribution >= 0.6 is 0 Å². The summed E-state index contributed by atoms with van der Waals surface area (Å²) in [5, 5.41) is 0. The van der Waals surface area contributed by atoms with E-state index in [4.69, 9.17) is 10.5 Å². The molecule has 7 nitrogen and oxygen atoms in total. The number of rotatable bonds is 2. The van der Waals surface area contributed by atoms with Crippen LogP contribution in [0, 0.1) is 6.92 Å². The fourth-order valence-electron chi connectivity index (χ4n) is 2.47. The number of nitrogens with zero attached hydrogens (tertiary/aromatic N) is 4. The van der Waals surface area contributed by atoms with Gasteiger partial charge in [0.1, 0.15) is 23.3 Å². The van der Waals surface area contributed by atoms with Crippen molar-refractivity contribution in [3.63, 3.8) is 0 Å². The van der Waals surface area contributed by atoms with Crippen LogP contribution in [0.4, 0.5) is 5.82 Å². The second kappa shape index (κ2) is 6.07. The molecule has 0 aliphatic carbocycles. The van der Waals surface area contributed by atoms with Gasteiger partial charge in [0.05, 0.1) is 13.2 Å². The molecule has 0 spiro atoms. The highest BCUT2D eigenvalue weighted by molar-refractivity contribution is 5.93. The highest BCUT2D eigenvalue weighted by Crippen LogP contribution is 2.24. The largest absolute Gasteiger partial charge is 0.382 e. The number of carbonyl (C=O) groups is 1. The number of amides is 1. The summed E-state index contributed by atoms with van der Waals surface area (Å²) in [4.78, 5) is 26.8. The van der Waals surface area contributed by atoms with Crippen molar-refractivity contribution in [3.8, 4) is 0 Å². The van der Waals surface area contributed by atoms with Crippen LogP contribution < -0.4 is 5.73 Å². The minimum absolute atomic E-state index is 0.103. The first-order chi connectivity index (χ1) is 10.7. The molecule has 1 saturated heterocycles. The first kappa shape index (κ1) is 14.4. The predicted octanol–water partition coefficient (Wildman–Crippen LogP) is 0.976. The van der Waals surface area contributed by atoms with Crippen molar-refractivity contribution in [3.05, 3.63) is 47.7 Å². The third kappa shape index (κ3) is 2.75. The maximum absolute atomic E-state index is 12.6. The Morgan fingerprint density at radius 2 is 2.14 bits per heavy atom. The zero-order valence-electron chi connectivity index (χ0n) is 12.3. The molecule has 1 fully saturated rings. The summed E-state index contributed by atoms with van der Waals surface area (Å²) >= 11 is 0. The molecule has 1 unspecified atom stereocenters. The summed E-state index contributed by atoms with van der Waals surface area (Å²) in [7, 11) is 0. The molecule has 22 heavy (non-hydrogen) atoms. The fraction of sp³-hybridized carbons (Fsp3) is 0.333. The molecule has 0 bridgehead atoms. The number of nitrogens with two attached hydrogens (primary N) is 1. The van der Waals surface area contributed by atoms with Gasteiger partial charge in [0, 0.05) is 25.1 Å². The third-order valence-corrected chi connectivity index (χ3v) is 3.63. The number of aryl methyl sites for hydroxylation is 1. The first-order valence-corrected chi connectivity index (χ1v) is 7.05. The number of morpholine rings is 1. The summed E-state index contributed by atoms with van der Waals surface area (Å²) in [5.41, 5.74) is 7.73. The van der Waals surface area contributed by atoms with E-state index < -0.39 is 0 Å². The summed E-state index contributed by atoms with van der Waals surface area (Å²) in [6.45, 7) is 3.21. The lowest BCUT2D eigenvalue weighted by Gasteiger charge is -2.32. The zero-order chi connectivity index (χ0) is 15.5. The SMILES string of the molecule is Cc1cccnc1C(=O)N1CCOC(c2nccnc2N)C1. The molecule has 3 heterocycles. The molecule has 1 aliphatic rings. The third-order valence-electron chi connectivity index (χ3n) is 3.63. The number of carbonyl (C=O) groups excluding carboxylic acids is 1. The van der Waals surface area contributed by atoms with Gasteiger partial charge < -0.3 is 15.4 Å². The van der Waals surface area contributed by atoms with E-state index >= 15 is 0 Å². The molecule has 2 aromatic heterocycles. The van der Waals surface area contributed by atoms with Crippen molar-refractivity contribution in [2.24, 2.45) is 0 Å². The molecular formula is C15H17N5O2. The van der Waals surface area contributed by atoms with Gasteiger partial charge in [-0.3, -0.25) is 14.8 Å². The van der Waals surface area contributed by atoms with E-state index in [1.165, 1.54) is 6.20 Å². The molecule has 3 rings (SSSR count). The summed E-state index contributed by atoms with van der Waals surface area (Å²) in [5.74, 6) is 0.227. The molecule has 114 valence electrons. The van der Waals surface area contributed by atoms with E-state index in [1.54, 1.807) is 17.3 Å². The van der Waals surface area contributed by atoms with Crippen LogP contribution in [0.15, 0.2) is 30.7 Å². The maximum atomic E-state index is 12.6. The minimum atomic E-state index is -0.365. The van der Waals surface area contributed by atoms with Gasteiger partial charge in [-0.1, -0.05) is 6.07 Å². The molecule has 1 atom stereocenters. The Bertz CT molecular complexity index is 691. The minimum Gasteiger partial charge on any atom is -0.382 e. The molecule has 0 radical (unpaired) electrons. The molecule has 0 saturated carbocycles. The normalized spacial score (nSPS) is 18.2. The van der Waals surface area contributed by atoms with Crippen molar-refractivity contribution in [1.29, 1.82) is 0 Å². The highest BCUT2D eigenvalue weighted by atomic mass is 16.5. The van der Waals surface area contributed by atoms with Crippen LogP contribution in [-0.4, -0.2) is 45.5 Å². The highest BCUT2D eigenvalue weighted by Gasteiger charge is 2.29. The van der Waals surface area contributed by atoms with E-state index in [-0.39, 0.29) is 12.0 Å². The number of hydrogen-bond acceptors (Lipinski definition) is 6. The number of ether oxygens (including phenoxy) is 1. The summed E-state index contributed by atoms with van der Waals surface area (Å²) in [6, 6.07) is 3.69. The van der Waals surface area contributed by atoms with Gasteiger partial charge in [0.25, 0.3) is 5.91 Å². The Balaban J connectivity index is 1.80. The quantitative estimate of drug-likeness (QED) is 0.888. The van der Waals surface area contributed by atoms with Crippen molar-refractivity contribution in [1.82, 2.24) is 19.9 Å². The smallest absolute Gasteiger partial charge is 0.272 e. The zero-order valence-corrected chi connectivity index (χ0v) is 12.3. The van der Waals surface area contributed by atoms with Crippen LogP contribution in [0.5, 0.6) is 0 Å². The van der Waals surface area contributed by atoms with E-state index in [0.717, 1.165) is 5.56 Å². The second-order valence-electron chi connectivity index (χ2n) is 5.11. The lowest BCUT2D eigenvalue weighted by atomic mass is 10.1. The molecule has 2 N–H and O–H groups in total. The second-order valence-corrected chi connectivity index (χ2v) is 5.11. The van der Waals surface area contributed by atoms with Gasteiger partial charge in [-0.25, -0.2) is 4.98 Å². The number of pyridine rings is 1. The van der Waals surface area contributed by atoms with E-state index in [1.807, 2.05) is 19.1 Å². The number of anilines is 1. The Morgan fingerprint density at radius 3 is 2.91 bits per heavy atom. The van der Waals surface area contributed by atoms with Crippen LogP contribution in [0.25, 0.3) is 0 Å². The number of nitrogen functional groups attached to an aromatic ring is 1.